The van der Waals surface area contributed by atoms with Crippen molar-refractivity contribution in [3.8, 4) is 0 Å². The maximum Gasteiger partial charge on any atom is 0.0926 e. The quantitative estimate of drug-likeness (QED) is 0.717. The lowest BCUT2D eigenvalue weighted by Crippen LogP contribution is -2.36. The first-order chi connectivity index (χ1) is 11.7. The van der Waals surface area contributed by atoms with E-state index in [1.807, 2.05) is 6.33 Å². The van der Waals surface area contributed by atoms with Crippen LogP contribution in [-0.2, 0) is 13.0 Å². The number of fused-ring (bicyclic) bond motifs is 1. The van der Waals surface area contributed by atoms with E-state index in [4.69, 9.17) is 0 Å². The standard InChI is InChI=1S/C20H20BrN3/c1-14-6-5-9-16(18(14)21)12-24-11-10-17-19(23-13-22-17)20(24)15-7-3-2-4-8-15/h2-9,13,20H,10-12H2,1H3,(H,22,23). The molecule has 3 aromatic rings. The zero-order valence-electron chi connectivity index (χ0n) is 13.7. The molecule has 122 valence electrons. The van der Waals surface area contributed by atoms with Gasteiger partial charge in [-0.25, -0.2) is 4.98 Å². The Labute approximate surface area is 150 Å². The number of aromatic amines is 1. The molecule has 3 nitrogen and oxygen atoms in total. The van der Waals surface area contributed by atoms with E-state index in [0.29, 0.717) is 0 Å². The van der Waals surface area contributed by atoms with Crippen LogP contribution in [0.15, 0.2) is 59.3 Å². The average molecular weight is 382 g/mol. The molecular weight excluding hydrogens is 362 g/mol. The van der Waals surface area contributed by atoms with Crippen LogP contribution in [0.2, 0.25) is 0 Å². The van der Waals surface area contributed by atoms with Crippen LogP contribution in [0, 0.1) is 6.92 Å². The minimum atomic E-state index is 0.202. The van der Waals surface area contributed by atoms with Crippen LogP contribution in [0.4, 0.5) is 0 Å². The van der Waals surface area contributed by atoms with E-state index in [2.05, 4.69) is 86.3 Å². The molecule has 1 unspecified atom stereocenters. The fourth-order valence-corrected chi connectivity index (χ4v) is 3.94. The molecule has 4 rings (SSSR count). The lowest BCUT2D eigenvalue weighted by molar-refractivity contribution is 0.200. The van der Waals surface area contributed by atoms with E-state index in [1.54, 1.807) is 0 Å². The number of imidazole rings is 1. The van der Waals surface area contributed by atoms with Crippen LogP contribution < -0.4 is 0 Å². The van der Waals surface area contributed by atoms with Crippen molar-refractivity contribution < 1.29 is 0 Å². The largest absolute Gasteiger partial charge is 0.348 e. The summed E-state index contributed by atoms with van der Waals surface area (Å²) in [6.07, 6.45) is 2.84. The Morgan fingerprint density at radius 2 is 2.00 bits per heavy atom. The average Bonchev–Trinajstić information content (AvgIpc) is 3.08. The van der Waals surface area contributed by atoms with Gasteiger partial charge in [0.25, 0.3) is 0 Å². The van der Waals surface area contributed by atoms with Gasteiger partial charge in [0.1, 0.15) is 0 Å². The second-order valence-corrected chi connectivity index (χ2v) is 7.14. The Morgan fingerprint density at radius 1 is 1.17 bits per heavy atom. The van der Waals surface area contributed by atoms with Gasteiger partial charge in [-0.15, -0.1) is 0 Å². The van der Waals surface area contributed by atoms with Gasteiger partial charge in [-0.2, -0.15) is 0 Å². The summed E-state index contributed by atoms with van der Waals surface area (Å²) in [5, 5.41) is 0. The maximum absolute atomic E-state index is 4.64. The fraction of sp³-hybridized carbons (Fsp3) is 0.250. The number of aromatic nitrogens is 2. The molecule has 1 aliphatic heterocycles. The monoisotopic (exact) mass is 381 g/mol. The molecule has 2 aromatic carbocycles. The Balaban J connectivity index is 1.73. The Kier molecular flexibility index (Phi) is 4.25. The predicted octanol–water partition coefficient (Wildman–Crippen LogP) is 4.63. The summed E-state index contributed by atoms with van der Waals surface area (Å²) in [5.41, 5.74) is 6.34. The first kappa shape index (κ1) is 15.6. The fourth-order valence-electron chi connectivity index (χ4n) is 3.55. The molecule has 0 spiro atoms. The number of hydrogen-bond acceptors (Lipinski definition) is 2. The molecule has 1 atom stereocenters. The van der Waals surface area contributed by atoms with Gasteiger partial charge < -0.3 is 4.98 Å². The lowest BCUT2D eigenvalue weighted by Gasteiger charge is -2.35. The van der Waals surface area contributed by atoms with E-state index in [-0.39, 0.29) is 6.04 Å². The minimum Gasteiger partial charge on any atom is -0.348 e. The van der Waals surface area contributed by atoms with Gasteiger partial charge >= 0.3 is 0 Å². The van der Waals surface area contributed by atoms with Crippen LogP contribution >= 0.6 is 15.9 Å². The molecule has 1 N–H and O–H groups in total. The number of nitrogens with zero attached hydrogens (tertiary/aromatic N) is 2. The Hall–Kier alpha value is -1.91. The van der Waals surface area contributed by atoms with Crippen molar-refractivity contribution in [1.29, 1.82) is 0 Å². The summed E-state index contributed by atoms with van der Waals surface area (Å²) in [6.45, 7) is 4.08. The molecule has 0 aliphatic carbocycles. The summed E-state index contributed by atoms with van der Waals surface area (Å²) >= 11 is 3.76. The van der Waals surface area contributed by atoms with E-state index in [1.165, 1.54) is 26.9 Å². The third-order valence-electron chi connectivity index (χ3n) is 4.79. The lowest BCUT2D eigenvalue weighted by atomic mass is 9.95. The highest BCUT2D eigenvalue weighted by molar-refractivity contribution is 9.10. The Bertz CT molecular complexity index is 841. The van der Waals surface area contributed by atoms with Crippen LogP contribution in [0.3, 0.4) is 0 Å². The number of halogens is 1. The van der Waals surface area contributed by atoms with Crippen LogP contribution in [0.25, 0.3) is 0 Å². The second kappa shape index (κ2) is 6.54. The zero-order chi connectivity index (χ0) is 16.5. The van der Waals surface area contributed by atoms with E-state index >= 15 is 0 Å². The van der Waals surface area contributed by atoms with E-state index in [9.17, 15) is 0 Å². The molecule has 0 bridgehead atoms. The summed E-state index contributed by atoms with van der Waals surface area (Å²) in [5.74, 6) is 0. The van der Waals surface area contributed by atoms with Crippen molar-refractivity contribution in [2.45, 2.75) is 25.9 Å². The topological polar surface area (TPSA) is 31.9 Å². The van der Waals surface area contributed by atoms with Gasteiger partial charge in [0.15, 0.2) is 0 Å². The molecule has 0 amide bonds. The van der Waals surface area contributed by atoms with Crippen molar-refractivity contribution in [2.75, 3.05) is 6.54 Å². The molecule has 1 aromatic heterocycles. The first-order valence-corrected chi connectivity index (χ1v) is 9.08. The molecule has 0 saturated heterocycles. The van der Waals surface area contributed by atoms with Crippen molar-refractivity contribution in [3.05, 3.63) is 87.4 Å². The normalized spacial score (nSPS) is 17.7. The number of benzene rings is 2. The molecule has 2 heterocycles. The summed E-state index contributed by atoms with van der Waals surface area (Å²) in [6, 6.07) is 17.4. The molecule has 0 saturated carbocycles. The highest BCUT2D eigenvalue weighted by Gasteiger charge is 2.31. The van der Waals surface area contributed by atoms with Gasteiger partial charge in [-0.1, -0.05) is 64.5 Å². The third-order valence-corrected chi connectivity index (χ3v) is 5.92. The maximum atomic E-state index is 4.64. The second-order valence-electron chi connectivity index (χ2n) is 6.35. The van der Waals surface area contributed by atoms with Crippen LogP contribution in [0.1, 0.15) is 34.1 Å². The number of rotatable bonds is 3. The molecule has 0 radical (unpaired) electrons. The number of nitrogens with one attached hydrogen (secondary N) is 1. The summed E-state index contributed by atoms with van der Waals surface area (Å²) < 4.78 is 1.21. The Morgan fingerprint density at radius 3 is 2.83 bits per heavy atom. The molecule has 1 aliphatic rings. The first-order valence-electron chi connectivity index (χ1n) is 8.29. The van der Waals surface area contributed by atoms with Crippen LogP contribution in [0.5, 0.6) is 0 Å². The van der Waals surface area contributed by atoms with Gasteiger partial charge in [0.05, 0.1) is 18.1 Å². The zero-order valence-corrected chi connectivity index (χ0v) is 15.3. The number of aryl methyl sites for hydroxylation is 1. The third kappa shape index (κ3) is 2.80. The number of H-pyrrole nitrogens is 1. The highest BCUT2D eigenvalue weighted by Crippen LogP contribution is 2.35. The van der Waals surface area contributed by atoms with Crippen molar-refractivity contribution in [1.82, 2.24) is 14.9 Å². The van der Waals surface area contributed by atoms with Crippen molar-refractivity contribution in [3.63, 3.8) is 0 Å². The molecule has 0 fully saturated rings. The van der Waals surface area contributed by atoms with Gasteiger partial charge in [0, 0.05) is 29.7 Å². The van der Waals surface area contributed by atoms with Crippen molar-refractivity contribution >= 4 is 15.9 Å². The molecular formula is C20H20BrN3. The van der Waals surface area contributed by atoms with Gasteiger partial charge in [-0.05, 0) is 23.6 Å². The van der Waals surface area contributed by atoms with Gasteiger partial charge in [0.2, 0.25) is 0 Å². The van der Waals surface area contributed by atoms with Gasteiger partial charge in [-0.3, -0.25) is 4.90 Å². The van der Waals surface area contributed by atoms with E-state index in [0.717, 1.165) is 25.2 Å². The summed E-state index contributed by atoms with van der Waals surface area (Å²) in [4.78, 5) is 10.5. The number of hydrogen-bond donors (Lipinski definition) is 1. The smallest absolute Gasteiger partial charge is 0.0926 e. The molecule has 4 heteroatoms. The summed E-state index contributed by atoms with van der Waals surface area (Å²) in [7, 11) is 0. The van der Waals surface area contributed by atoms with Crippen molar-refractivity contribution in [2.24, 2.45) is 0 Å². The van der Waals surface area contributed by atoms with E-state index < -0.39 is 0 Å². The van der Waals surface area contributed by atoms with Crippen LogP contribution in [-0.4, -0.2) is 21.4 Å². The molecule has 24 heavy (non-hydrogen) atoms. The highest BCUT2D eigenvalue weighted by atomic mass is 79.9. The SMILES string of the molecule is Cc1cccc(CN2CCc3[nH]cnc3C2c2ccccc2)c1Br. The minimum absolute atomic E-state index is 0.202. The predicted molar refractivity (Wildman–Crippen MR) is 99.9 cm³/mol.